The Labute approximate surface area is 139 Å². The van der Waals surface area contributed by atoms with E-state index in [1.807, 2.05) is 37.3 Å². The number of halogens is 1. The monoisotopic (exact) mass is 322 g/mol. The van der Waals surface area contributed by atoms with Crippen molar-refractivity contribution in [1.29, 1.82) is 0 Å². The normalized spacial score (nSPS) is 21.4. The molecule has 1 amide bonds. The van der Waals surface area contributed by atoms with E-state index >= 15 is 0 Å². The second kappa shape index (κ2) is 7.01. The minimum absolute atomic E-state index is 0. The van der Waals surface area contributed by atoms with Crippen LogP contribution in [0.5, 0.6) is 0 Å². The Morgan fingerprint density at radius 1 is 1.14 bits per heavy atom. The number of carbonyl (C=O) groups is 1. The lowest BCUT2D eigenvalue weighted by Crippen LogP contribution is -2.46. The molecule has 4 heteroatoms. The van der Waals surface area contributed by atoms with Crippen LogP contribution in [0.25, 0.3) is 0 Å². The summed E-state index contributed by atoms with van der Waals surface area (Å²) in [7, 11) is 0. The van der Waals surface area contributed by atoms with Crippen LogP contribution >= 0.6 is 12.4 Å². The first-order chi connectivity index (χ1) is 10.1. The molecular weight excluding hydrogens is 296 g/mol. The Bertz CT molecular complexity index is 499. The molecule has 3 nitrogen and oxygen atoms in total. The quantitative estimate of drug-likeness (QED) is 0.870. The van der Waals surface area contributed by atoms with E-state index in [9.17, 15) is 4.79 Å². The van der Waals surface area contributed by atoms with Crippen molar-refractivity contribution in [1.82, 2.24) is 4.90 Å². The van der Waals surface area contributed by atoms with Crippen molar-refractivity contribution in [2.24, 2.45) is 17.6 Å². The van der Waals surface area contributed by atoms with Gasteiger partial charge in [-0.15, -0.1) is 12.4 Å². The first-order valence-electron chi connectivity index (χ1n) is 8.22. The van der Waals surface area contributed by atoms with Gasteiger partial charge in [0.15, 0.2) is 0 Å². The van der Waals surface area contributed by atoms with E-state index in [4.69, 9.17) is 5.73 Å². The molecule has 2 saturated carbocycles. The second-order valence-electron chi connectivity index (χ2n) is 6.78. The number of nitrogens with zero attached hydrogens (tertiary/aromatic N) is 1. The van der Waals surface area contributed by atoms with Crippen LogP contribution in [0.15, 0.2) is 30.3 Å². The van der Waals surface area contributed by atoms with Crippen LogP contribution < -0.4 is 5.73 Å². The highest BCUT2D eigenvalue weighted by Crippen LogP contribution is 2.41. The maximum atomic E-state index is 13.0. The highest BCUT2D eigenvalue weighted by Gasteiger charge is 2.43. The van der Waals surface area contributed by atoms with Gasteiger partial charge in [-0.05, 0) is 44.1 Å². The predicted molar refractivity (Wildman–Crippen MR) is 91.8 cm³/mol. The first-order valence-corrected chi connectivity index (χ1v) is 8.22. The Hall–Kier alpha value is -1.06. The summed E-state index contributed by atoms with van der Waals surface area (Å²) in [5.74, 6) is 0.803. The summed E-state index contributed by atoms with van der Waals surface area (Å²) in [5, 5.41) is 0. The Morgan fingerprint density at radius 2 is 1.73 bits per heavy atom. The Balaban J connectivity index is 0.00000176. The maximum Gasteiger partial charge on any atom is 0.227 e. The van der Waals surface area contributed by atoms with Crippen molar-refractivity contribution in [2.75, 3.05) is 0 Å². The van der Waals surface area contributed by atoms with Crippen molar-refractivity contribution in [3.63, 3.8) is 0 Å². The molecule has 1 aromatic carbocycles. The van der Waals surface area contributed by atoms with Gasteiger partial charge in [-0.3, -0.25) is 4.79 Å². The largest absolute Gasteiger partial charge is 0.336 e. The second-order valence-corrected chi connectivity index (χ2v) is 6.78. The van der Waals surface area contributed by atoms with Crippen LogP contribution in [0.1, 0.15) is 51.1 Å². The maximum absolute atomic E-state index is 13.0. The third kappa shape index (κ3) is 3.64. The van der Waals surface area contributed by atoms with Crippen LogP contribution in [0.2, 0.25) is 0 Å². The molecule has 0 saturated heterocycles. The highest BCUT2D eigenvalue weighted by molar-refractivity contribution is 5.85. The van der Waals surface area contributed by atoms with Gasteiger partial charge in [0.05, 0.1) is 5.92 Å². The summed E-state index contributed by atoms with van der Waals surface area (Å²) < 4.78 is 0. The summed E-state index contributed by atoms with van der Waals surface area (Å²) in [5.41, 5.74) is 7.39. The van der Waals surface area contributed by atoms with Crippen LogP contribution in [0.4, 0.5) is 0 Å². The molecule has 3 unspecified atom stereocenters. The molecule has 0 aliphatic heterocycles. The van der Waals surface area contributed by atoms with E-state index in [1.54, 1.807) is 0 Å². The third-order valence-electron chi connectivity index (χ3n) is 5.05. The lowest BCUT2D eigenvalue weighted by Gasteiger charge is -2.33. The van der Waals surface area contributed by atoms with Gasteiger partial charge >= 0.3 is 0 Å². The zero-order chi connectivity index (χ0) is 15.0. The standard InChI is InChI=1S/C18H26N2O.ClH/c1-12(17(19)15-6-4-3-5-7-15)18(21)20(16-10-11-16)13(2)14-8-9-14;/h3-7,12-14,16-17H,8-11,19H2,1-2H3;1H. The fraction of sp³-hybridized carbons (Fsp3) is 0.611. The molecule has 3 atom stereocenters. The van der Waals surface area contributed by atoms with Crippen LogP contribution in [0.3, 0.4) is 0 Å². The predicted octanol–water partition coefficient (Wildman–Crippen LogP) is 3.53. The molecule has 0 aromatic heterocycles. The van der Waals surface area contributed by atoms with Crippen molar-refractivity contribution in [3.8, 4) is 0 Å². The van der Waals surface area contributed by atoms with Gasteiger partial charge in [-0.1, -0.05) is 37.3 Å². The smallest absolute Gasteiger partial charge is 0.227 e. The van der Waals surface area contributed by atoms with Gasteiger partial charge in [0.1, 0.15) is 0 Å². The number of nitrogens with two attached hydrogens (primary N) is 1. The van der Waals surface area contributed by atoms with Crippen LogP contribution in [-0.2, 0) is 4.79 Å². The van der Waals surface area contributed by atoms with Crippen LogP contribution in [0, 0.1) is 11.8 Å². The number of benzene rings is 1. The number of hydrogen-bond acceptors (Lipinski definition) is 2. The third-order valence-corrected chi connectivity index (χ3v) is 5.05. The lowest BCUT2D eigenvalue weighted by atomic mass is 9.93. The average molecular weight is 323 g/mol. The molecule has 2 aliphatic carbocycles. The molecule has 1 aromatic rings. The number of amides is 1. The summed E-state index contributed by atoms with van der Waals surface area (Å²) in [6.45, 7) is 4.20. The SMILES string of the molecule is CC(C(=O)N(C1CC1)C(C)C1CC1)C(N)c1ccccc1.Cl. The van der Waals surface area contributed by atoms with E-state index in [2.05, 4.69) is 11.8 Å². The summed E-state index contributed by atoms with van der Waals surface area (Å²) in [6, 6.07) is 10.6. The molecule has 0 spiro atoms. The number of hydrogen-bond donors (Lipinski definition) is 1. The highest BCUT2D eigenvalue weighted by atomic mass is 35.5. The van der Waals surface area contributed by atoms with E-state index in [0.717, 1.165) is 24.3 Å². The lowest BCUT2D eigenvalue weighted by molar-refractivity contribution is -0.139. The molecule has 22 heavy (non-hydrogen) atoms. The zero-order valence-electron chi connectivity index (χ0n) is 13.4. The van der Waals surface area contributed by atoms with E-state index in [0.29, 0.717) is 12.1 Å². The fourth-order valence-electron chi connectivity index (χ4n) is 3.22. The number of carbonyl (C=O) groups excluding carboxylic acids is 1. The Kier molecular flexibility index (Phi) is 5.51. The van der Waals surface area contributed by atoms with Gasteiger partial charge in [0, 0.05) is 18.1 Å². The summed E-state index contributed by atoms with van der Waals surface area (Å²) in [6.07, 6.45) is 4.87. The van der Waals surface area contributed by atoms with E-state index in [1.165, 1.54) is 12.8 Å². The van der Waals surface area contributed by atoms with Crippen molar-refractivity contribution in [2.45, 2.75) is 57.7 Å². The topological polar surface area (TPSA) is 46.3 Å². The van der Waals surface area contributed by atoms with Crippen molar-refractivity contribution < 1.29 is 4.79 Å². The number of rotatable bonds is 6. The van der Waals surface area contributed by atoms with Crippen molar-refractivity contribution in [3.05, 3.63) is 35.9 Å². The van der Waals surface area contributed by atoms with E-state index < -0.39 is 0 Å². The minimum Gasteiger partial charge on any atom is -0.336 e. The van der Waals surface area contributed by atoms with Gasteiger partial charge in [-0.2, -0.15) is 0 Å². The molecule has 122 valence electrons. The minimum atomic E-state index is -0.216. The average Bonchev–Trinajstić information content (AvgIpc) is 3.39. The van der Waals surface area contributed by atoms with Gasteiger partial charge in [0.2, 0.25) is 5.91 Å². The molecule has 0 heterocycles. The summed E-state index contributed by atoms with van der Waals surface area (Å²) >= 11 is 0. The van der Waals surface area contributed by atoms with Gasteiger partial charge in [-0.25, -0.2) is 0 Å². The molecule has 2 fully saturated rings. The molecule has 2 aliphatic rings. The van der Waals surface area contributed by atoms with Crippen molar-refractivity contribution >= 4 is 18.3 Å². The van der Waals surface area contributed by atoms with Gasteiger partial charge < -0.3 is 10.6 Å². The fourth-order valence-corrected chi connectivity index (χ4v) is 3.22. The van der Waals surface area contributed by atoms with Gasteiger partial charge in [0.25, 0.3) is 0 Å². The molecule has 0 bridgehead atoms. The summed E-state index contributed by atoms with van der Waals surface area (Å²) in [4.78, 5) is 15.1. The Morgan fingerprint density at radius 3 is 2.23 bits per heavy atom. The first kappa shape index (κ1) is 17.3. The zero-order valence-corrected chi connectivity index (χ0v) is 14.3. The molecule has 3 rings (SSSR count). The van der Waals surface area contributed by atoms with Crippen LogP contribution in [-0.4, -0.2) is 22.9 Å². The molecule has 2 N–H and O–H groups in total. The molecular formula is C18H27ClN2O. The molecule has 0 radical (unpaired) electrons. The van der Waals surface area contributed by atoms with E-state index in [-0.39, 0.29) is 30.3 Å².